The van der Waals surface area contributed by atoms with Crippen LogP contribution in [0.25, 0.3) is 0 Å². The molecule has 82 valence electrons. The summed E-state index contributed by atoms with van der Waals surface area (Å²) in [5, 5.41) is 5.39. The fourth-order valence-corrected chi connectivity index (χ4v) is 2.97. The van der Waals surface area contributed by atoms with Crippen LogP contribution in [0, 0.1) is 0 Å². The van der Waals surface area contributed by atoms with E-state index in [1.54, 1.807) is 0 Å². The van der Waals surface area contributed by atoms with Crippen LogP contribution in [-0.2, 0) is 0 Å². The van der Waals surface area contributed by atoms with Gasteiger partial charge in [-0.15, -0.1) is 0 Å². The summed E-state index contributed by atoms with van der Waals surface area (Å²) in [6.45, 7) is 8.93. The highest BCUT2D eigenvalue weighted by molar-refractivity contribution is 8.14. The Hall–Kier alpha value is -0.180. The predicted molar refractivity (Wildman–Crippen MR) is 66.1 cm³/mol. The van der Waals surface area contributed by atoms with E-state index in [1.165, 1.54) is 19.3 Å². The predicted octanol–water partition coefficient (Wildman–Crippen LogP) is 3.03. The normalized spacial score (nSPS) is 27.6. The molecule has 1 N–H and O–H groups in total. The molecular formula is C11H22N2S. The van der Waals surface area contributed by atoms with Crippen LogP contribution in [0.2, 0.25) is 0 Å². The second kappa shape index (κ2) is 5.64. The molecule has 3 heteroatoms. The van der Waals surface area contributed by atoms with Crippen molar-refractivity contribution in [3.63, 3.8) is 0 Å². The number of hydrogen-bond acceptors (Lipinski definition) is 3. The highest BCUT2D eigenvalue weighted by Crippen LogP contribution is 2.24. The Balaban J connectivity index is 2.50. The van der Waals surface area contributed by atoms with Gasteiger partial charge in [-0.3, -0.25) is 4.99 Å². The average Bonchev–Trinajstić information content (AvgIpc) is 2.12. The largest absolute Gasteiger partial charge is 0.362 e. The van der Waals surface area contributed by atoms with Gasteiger partial charge in [0.1, 0.15) is 0 Å². The fraction of sp³-hybridized carbons (Fsp3) is 0.909. The number of thioether (sulfide) groups is 1. The van der Waals surface area contributed by atoms with Crippen LogP contribution in [0.3, 0.4) is 0 Å². The first-order valence-corrected chi connectivity index (χ1v) is 6.54. The molecule has 14 heavy (non-hydrogen) atoms. The Morgan fingerprint density at radius 3 is 2.57 bits per heavy atom. The van der Waals surface area contributed by atoms with Crippen LogP contribution in [0.5, 0.6) is 0 Å². The van der Waals surface area contributed by atoms with Gasteiger partial charge in [-0.25, -0.2) is 0 Å². The zero-order valence-electron chi connectivity index (χ0n) is 9.71. The second-order valence-corrected chi connectivity index (χ2v) is 5.53. The second-order valence-electron chi connectivity index (χ2n) is 4.11. The number of rotatable bonds is 3. The Bertz CT molecular complexity index is 199. The van der Waals surface area contributed by atoms with Crippen molar-refractivity contribution in [1.82, 2.24) is 5.32 Å². The van der Waals surface area contributed by atoms with Crippen molar-refractivity contribution in [3.8, 4) is 0 Å². The first-order valence-electron chi connectivity index (χ1n) is 5.66. The minimum absolute atomic E-state index is 0.489. The van der Waals surface area contributed by atoms with Crippen molar-refractivity contribution in [2.24, 2.45) is 4.99 Å². The summed E-state index contributed by atoms with van der Waals surface area (Å²) < 4.78 is 0. The molecule has 2 unspecified atom stereocenters. The molecule has 0 radical (unpaired) electrons. The van der Waals surface area contributed by atoms with Crippen molar-refractivity contribution in [2.75, 3.05) is 0 Å². The number of nitrogens with zero attached hydrogens (tertiary/aromatic N) is 1. The highest BCUT2D eigenvalue weighted by Gasteiger charge is 2.19. The summed E-state index contributed by atoms with van der Waals surface area (Å²) in [7, 11) is 0. The van der Waals surface area contributed by atoms with Crippen LogP contribution in [0.15, 0.2) is 4.99 Å². The topological polar surface area (TPSA) is 24.4 Å². The summed E-state index contributed by atoms with van der Waals surface area (Å²) in [6, 6.07) is 1.09. The van der Waals surface area contributed by atoms with E-state index in [1.807, 2.05) is 11.8 Å². The maximum atomic E-state index is 4.64. The third-order valence-electron chi connectivity index (χ3n) is 2.64. The molecule has 0 fully saturated rings. The fourth-order valence-electron chi connectivity index (χ4n) is 1.74. The van der Waals surface area contributed by atoms with Gasteiger partial charge in [-0.05, 0) is 26.2 Å². The molecule has 1 rings (SSSR count). The summed E-state index contributed by atoms with van der Waals surface area (Å²) in [4.78, 5) is 4.64. The lowest BCUT2D eigenvalue weighted by Gasteiger charge is -2.25. The van der Waals surface area contributed by atoms with E-state index in [0.29, 0.717) is 17.3 Å². The molecule has 1 heterocycles. The molecule has 1 aliphatic heterocycles. The molecule has 2 atom stereocenters. The number of amidine groups is 1. The molecule has 0 saturated carbocycles. The van der Waals surface area contributed by atoms with E-state index in [-0.39, 0.29) is 0 Å². The van der Waals surface area contributed by atoms with Gasteiger partial charge < -0.3 is 5.32 Å². The number of aliphatic imine (C=N–C) groups is 1. The van der Waals surface area contributed by atoms with Crippen molar-refractivity contribution in [2.45, 2.75) is 64.3 Å². The minimum atomic E-state index is 0.489. The van der Waals surface area contributed by atoms with Gasteiger partial charge in [0.25, 0.3) is 0 Å². The summed E-state index contributed by atoms with van der Waals surface area (Å²) in [6.07, 6.45) is 3.57. The lowest BCUT2D eigenvalue weighted by atomic mass is 10.2. The SMILES string of the molecule is CCC(CC)NC1=NC(C)CC(C)S1. The molecule has 0 aromatic rings. The highest BCUT2D eigenvalue weighted by atomic mass is 32.2. The van der Waals surface area contributed by atoms with Crippen molar-refractivity contribution >= 4 is 16.9 Å². The van der Waals surface area contributed by atoms with Gasteiger partial charge in [-0.2, -0.15) is 0 Å². The molecule has 1 aliphatic rings. The van der Waals surface area contributed by atoms with Crippen LogP contribution >= 0.6 is 11.8 Å². The Labute approximate surface area is 92.0 Å². The third kappa shape index (κ3) is 3.52. The molecule has 0 saturated heterocycles. The molecule has 0 aromatic heterocycles. The molecule has 0 amide bonds. The Kier molecular flexibility index (Phi) is 4.79. The molecule has 0 aliphatic carbocycles. The van der Waals surface area contributed by atoms with Crippen LogP contribution in [0.1, 0.15) is 47.0 Å². The zero-order chi connectivity index (χ0) is 10.6. The van der Waals surface area contributed by atoms with E-state index in [2.05, 4.69) is 38.0 Å². The van der Waals surface area contributed by atoms with Gasteiger partial charge in [0.15, 0.2) is 5.17 Å². The minimum Gasteiger partial charge on any atom is -0.362 e. The first-order chi connectivity index (χ1) is 6.65. The van der Waals surface area contributed by atoms with E-state index < -0.39 is 0 Å². The number of nitrogens with one attached hydrogen (secondary N) is 1. The van der Waals surface area contributed by atoms with Crippen molar-refractivity contribution in [3.05, 3.63) is 0 Å². The summed E-state index contributed by atoms with van der Waals surface area (Å²) in [5.41, 5.74) is 0. The molecule has 2 nitrogen and oxygen atoms in total. The van der Waals surface area contributed by atoms with Gasteiger partial charge in [0.2, 0.25) is 0 Å². The molecular weight excluding hydrogens is 192 g/mol. The first kappa shape index (κ1) is 11.9. The van der Waals surface area contributed by atoms with Crippen molar-refractivity contribution < 1.29 is 0 Å². The van der Waals surface area contributed by atoms with Gasteiger partial charge in [-0.1, -0.05) is 32.5 Å². The Morgan fingerprint density at radius 1 is 1.43 bits per heavy atom. The van der Waals surface area contributed by atoms with E-state index in [9.17, 15) is 0 Å². The van der Waals surface area contributed by atoms with Crippen LogP contribution in [-0.4, -0.2) is 22.5 Å². The summed E-state index contributed by atoms with van der Waals surface area (Å²) in [5.74, 6) is 0. The number of hydrogen-bond donors (Lipinski definition) is 1. The molecule has 0 bridgehead atoms. The lowest BCUT2D eigenvalue weighted by molar-refractivity contribution is 0.565. The Morgan fingerprint density at radius 2 is 2.07 bits per heavy atom. The van der Waals surface area contributed by atoms with Gasteiger partial charge in [0, 0.05) is 11.3 Å². The quantitative estimate of drug-likeness (QED) is 0.781. The lowest BCUT2D eigenvalue weighted by Crippen LogP contribution is -2.36. The van der Waals surface area contributed by atoms with Crippen molar-refractivity contribution in [1.29, 1.82) is 0 Å². The van der Waals surface area contributed by atoms with Crippen LogP contribution < -0.4 is 5.32 Å². The maximum Gasteiger partial charge on any atom is 0.157 e. The standard InChI is InChI=1S/C11H22N2S/c1-5-10(6-2)13-11-12-8(3)7-9(4)14-11/h8-10H,5-7H2,1-4H3,(H,12,13). The summed E-state index contributed by atoms with van der Waals surface area (Å²) >= 11 is 1.89. The zero-order valence-corrected chi connectivity index (χ0v) is 10.5. The van der Waals surface area contributed by atoms with Gasteiger partial charge in [0.05, 0.1) is 6.04 Å². The van der Waals surface area contributed by atoms with Gasteiger partial charge >= 0.3 is 0 Å². The molecule has 0 aromatic carbocycles. The van der Waals surface area contributed by atoms with E-state index in [0.717, 1.165) is 5.17 Å². The third-order valence-corrected chi connectivity index (χ3v) is 3.68. The van der Waals surface area contributed by atoms with E-state index in [4.69, 9.17) is 0 Å². The smallest absolute Gasteiger partial charge is 0.157 e. The van der Waals surface area contributed by atoms with Crippen LogP contribution in [0.4, 0.5) is 0 Å². The molecule has 0 spiro atoms. The maximum absolute atomic E-state index is 4.64. The van der Waals surface area contributed by atoms with E-state index >= 15 is 0 Å². The monoisotopic (exact) mass is 214 g/mol. The average molecular weight is 214 g/mol.